The summed E-state index contributed by atoms with van der Waals surface area (Å²) in [7, 11) is 0. The number of hydrogen-bond donors (Lipinski definition) is 1. The van der Waals surface area contributed by atoms with Crippen molar-refractivity contribution in [2.45, 2.75) is 91.5 Å². The van der Waals surface area contributed by atoms with Crippen molar-refractivity contribution in [1.29, 1.82) is 0 Å². The number of ether oxygens (including phenoxy) is 3. The van der Waals surface area contributed by atoms with E-state index in [0.717, 1.165) is 62.3 Å². The van der Waals surface area contributed by atoms with Crippen LogP contribution in [0.5, 0.6) is 17.2 Å². The van der Waals surface area contributed by atoms with E-state index < -0.39 is 17.5 Å². The second kappa shape index (κ2) is 16.5. The predicted molar refractivity (Wildman–Crippen MR) is 188 cm³/mol. The molecule has 5 rings (SSSR count). The van der Waals surface area contributed by atoms with Crippen LogP contribution in [0.1, 0.15) is 82.4 Å². The first-order valence-corrected chi connectivity index (χ1v) is 17.6. The van der Waals surface area contributed by atoms with Gasteiger partial charge in [0.25, 0.3) is 5.91 Å². The van der Waals surface area contributed by atoms with Gasteiger partial charge in [-0.25, -0.2) is 19.2 Å². The largest absolute Gasteiger partial charge is 0.490 e. The molecule has 13 heteroatoms. The zero-order valence-electron chi connectivity index (χ0n) is 30.1. The van der Waals surface area contributed by atoms with Gasteiger partial charge in [-0.3, -0.25) is 14.7 Å². The van der Waals surface area contributed by atoms with Gasteiger partial charge in [0, 0.05) is 88.6 Å². The minimum Gasteiger partial charge on any atom is -0.490 e. The van der Waals surface area contributed by atoms with Crippen molar-refractivity contribution < 1.29 is 28.2 Å². The summed E-state index contributed by atoms with van der Waals surface area (Å²) in [6.45, 7) is 16.2. The molecule has 1 fully saturated rings. The first kappa shape index (κ1) is 36.8. The van der Waals surface area contributed by atoms with Crippen molar-refractivity contribution in [2.75, 3.05) is 44.2 Å². The third-order valence-corrected chi connectivity index (χ3v) is 8.78. The van der Waals surface area contributed by atoms with E-state index in [0.29, 0.717) is 37.7 Å². The molecule has 4 heterocycles. The highest BCUT2D eigenvalue weighted by molar-refractivity contribution is 5.97. The summed E-state index contributed by atoms with van der Waals surface area (Å²) >= 11 is 0. The summed E-state index contributed by atoms with van der Waals surface area (Å²) in [4.78, 5) is 44.9. The van der Waals surface area contributed by atoms with E-state index in [-0.39, 0.29) is 29.4 Å². The summed E-state index contributed by atoms with van der Waals surface area (Å²) < 4.78 is 32.5. The lowest BCUT2D eigenvalue weighted by atomic mass is 10.0. The normalized spacial score (nSPS) is 15.4. The maximum absolute atomic E-state index is 14.3. The van der Waals surface area contributed by atoms with Gasteiger partial charge in [-0.1, -0.05) is 0 Å². The van der Waals surface area contributed by atoms with Crippen molar-refractivity contribution in [1.82, 2.24) is 30.1 Å². The van der Waals surface area contributed by atoms with Crippen LogP contribution >= 0.6 is 0 Å². The van der Waals surface area contributed by atoms with Crippen LogP contribution in [0.25, 0.3) is 0 Å². The van der Waals surface area contributed by atoms with Gasteiger partial charge in [-0.2, -0.15) is 0 Å². The molecule has 2 aromatic heterocycles. The zero-order valence-corrected chi connectivity index (χ0v) is 30.1. The summed E-state index contributed by atoms with van der Waals surface area (Å²) in [6, 6.07) is 5.88. The molecular weight excluding hydrogens is 641 g/mol. The number of fused-ring (bicyclic) bond motifs is 1. The van der Waals surface area contributed by atoms with Crippen LogP contribution in [0.4, 0.5) is 15.0 Å². The Morgan fingerprint density at radius 3 is 2.58 bits per heavy atom. The molecule has 2 aliphatic heterocycles. The molecule has 0 saturated carbocycles. The van der Waals surface area contributed by atoms with Crippen LogP contribution in [-0.4, -0.2) is 93.8 Å². The number of carbonyl (C=O) groups is 2. The van der Waals surface area contributed by atoms with Crippen molar-refractivity contribution in [3.63, 3.8) is 0 Å². The van der Waals surface area contributed by atoms with E-state index in [4.69, 9.17) is 14.2 Å². The van der Waals surface area contributed by atoms with Crippen LogP contribution in [-0.2, 0) is 17.7 Å². The SMILES string of the molecule is CCN(C(=O)c1cc(F)ccc1Oc1cncnc1N1CCC(Oc2ccnc3c2CN(CCCNC(=O)OC(C)(C)C)CC3)CC1)C(C)C. The third kappa shape index (κ3) is 9.58. The quantitative estimate of drug-likeness (QED) is 0.227. The standard InChI is InChI=1S/C37H50FN7O5/c1-7-45(25(2)3)35(46)28-21-26(38)9-10-31(28)49-33-22-39-24-42-34(33)44-19-12-27(13-20-44)48-32-11-16-40-30-14-18-43(23-29(30)32)17-8-15-41-36(47)50-37(4,5)6/h9-11,16,21-22,24-25,27H,7-8,12-15,17-20,23H2,1-6H3,(H,41,47). The molecule has 1 N–H and O–H groups in total. The number of halogens is 1. The molecule has 0 bridgehead atoms. The maximum Gasteiger partial charge on any atom is 0.407 e. The number of rotatable bonds is 12. The minimum atomic E-state index is -0.517. The first-order valence-electron chi connectivity index (χ1n) is 17.6. The van der Waals surface area contributed by atoms with Gasteiger partial charge < -0.3 is 29.3 Å². The molecule has 0 atom stereocenters. The summed E-state index contributed by atoms with van der Waals surface area (Å²) in [5, 5.41) is 2.84. The highest BCUT2D eigenvalue weighted by Crippen LogP contribution is 2.35. The van der Waals surface area contributed by atoms with Gasteiger partial charge in [0.2, 0.25) is 0 Å². The number of benzene rings is 1. The van der Waals surface area contributed by atoms with Gasteiger partial charge in [-0.05, 0) is 72.2 Å². The Morgan fingerprint density at radius 2 is 1.86 bits per heavy atom. The highest BCUT2D eigenvalue weighted by Gasteiger charge is 2.28. The smallest absolute Gasteiger partial charge is 0.407 e. The Labute approximate surface area is 294 Å². The van der Waals surface area contributed by atoms with E-state index in [1.807, 2.05) is 53.8 Å². The molecular formula is C37H50FN7O5. The Morgan fingerprint density at radius 1 is 1.08 bits per heavy atom. The molecule has 0 unspecified atom stereocenters. The molecule has 2 amide bonds. The number of hydrogen-bond acceptors (Lipinski definition) is 10. The number of amides is 2. The number of nitrogens with one attached hydrogen (secondary N) is 1. The Balaban J connectivity index is 1.19. The van der Waals surface area contributed by atoms with Gasteiger partial charge in [0.05, 0.1) is 11.8 Å². The number of alkyl carbamates (subject to hydrolysis) is 1. The van der Waals surface area contributed by atoms with E-state index in [9.17, 15) is 14.0 Å². The molecule has 1 saturated heterocycles. The van der Waals surface area contributed by atoms with Crippen molar-refractivity contribution in [3.8, 4) is 17.2 Å². The fourth-order valence-corrected chi connectivity index (χ4v) is 6.34. The summed E-state index contributed by atoms with van der Waals surface area (Å²) in [5.41, 5.74) is 1.83. The molecule has 0 radical (unpaired) electrons. The zero-order chi connectivity index (χ0) is 35.8. The van der Waals surface area contributed by atoms with Gasteiger partial charge in [0.15, 0.2) is 11.6 Å². The molecule has 2 aliphatic rings. The second-order valence-corrected chi connectivity index (χ2v) is 14.0. The number of piperidine rings is 1. The van der Waals surface area contributed by atoms with Gasteiger partial charge in [-0.15, -0.1) is 0 Å². The Hall–Kier alpha value is -4.52. The molecule has 12 nitrogen and oxygen atoms in total. The molecule has 0 spiro atoms. The monoisotopic (exact) mass is 691 g/mol. The molecule has 0 aliphatic carbocycles. The van der Waals surface area contributed by atoms with Crippen molar-refractivity contribution in [3.05, 3.63) is 65.6 Å². The third-order valence-electron chi connectivity index (χ3n) is 8.78. The van der Waals surface area contributed by atoms with Crippen LogP contribution < -0.4 is 19.7 Å². The Kier molecular flexibility index (Phi) is 12.1. The van der Waals surface area contributed by atoms with Gasteiger partial charge in [0.1, 0.15) is 35.3 Å². The Bertz CT molecular complexity index is 1620. The maximum atomic E-state index is 14.3. The van der Waals surface area contributed by atoms with Crippen molar-refractivity contribution in [2.24, 2.45) is 0 Å². The van der Waals surface area contributed by atoms with E-state index in [1.54, 1.807) is 11.1 Å². The number of carbonyl (C=O) groups excluding carboxylic acids is 2. The lowest BCUT2D eigenvalue weighted by Crippen LogP contribution is -2.39. The molecule has 3 aromatic rings. The average Bonchev–Trinajstić information content (AvgIpc) is 3.07. The minimum absolute atomic E-state index is 0.00902. The van der Waals surface area contributed by atoms with E-state index >= 15 is 0 Å². The highest BCUT2D eigenvalue weighted by atomic mass is 19.1. The van der Waals surface area contributed by atoms with E-state index in [2.05, 4.69) is 30.1 Å². The van der Waals surface area contributed by atoms with Crippen LogP contribution in [0.3, 0.4) is 0 Å². The molecule has 1 aromatic carbocycles. The predicted octanol–water partition coefficient (Wildman–Crippen LogP) is 5.99. The number of pyridine rings is 1. The lowest BCUT2D eigenvalue weighted by molar-refractivity contribution is 0.0524. The number of aromatic nitrogens is 3. The first-order chi connectivity index (χ1) is 23.9. The van der Waals surface area contributed by atoms with Crippen LogP contribution in [0.15, 0.2) is 43.0 Å². The second-order valence-electron chi connectivity index (χ2n) is 14.0. The topological polar surface area (TPSA) is 122 Å². The van der Waals surface area contributed by atoms with Gasteiger partial charge >= 0.3 is 6.09 Å². The van der Waals surface area contributed by atoms with Crippen molar-refractivity contribution >= 4 is 17.8 Å². The molecule has 50 heavy (non-hydrogen) atoms. The van der Waals surface area contributed by atoms with Crippen LogP contribution in [0, 0.1) is 5.82 Å². The lowest BCUT2D eigenvalue weighted by Gasteiger charge is -2.35. The summed E-state index contributed by atoms with van der Waals surface area (Å²) in [5.74, 6) is 1.31. The number of nitrogens with zero attached hydrogens (tertiary/aromatic N) is 6. The average molecular weight is 692 g/mol. The van der Waals surface area contributed by atoms with E-state index in [1.165, 1.54) is 24.5 Å². The fourth-order valence-electron chi connectivity index (χ4n) is 6.34. The fraction of sp³-hybridized carbons (Fsp3) is 0.541. The summed E-state index contributed by atoms with van der Waals surface area (Å²) in [6.07, 6.45) is 7.67. The molecule has 270 valence electrons. The number of anilines is 1. The van der Waals surface area contributed by atoms with Crippen LogP contribution in [0.2, 0.25) is 0 Å².